The number of fused-ring (bicyclic) bond motifs is 2. The van der Waals surface area contributed by atoms with E-state index in [9.17, 15) is 9.90 Å². The Hall–Kier alpha value is -2.81. The number of hydrogen-bond donors (Lipinski definition) is 1. The smallest absolute Gasteiger partial charge is 0.162 e. The molecule has 4 rings (SSSR count). The van der Waals surface area contributed by atoms with Crippen LogP contribution in [-0.2, 0) is 30.3 Å². The summed E-state index contributed by atoms with van der Waals surface area (Å²) in [7, 11) is 0. The number of nitrogens with zero attached hydrogens (tertiary/aromatic N) is 1. The van der Waals surface area contributed by atoms with Crippen molar-refractivity contribution in [1.82, 2.24) is 4.98 Å². The van der Waals surface area contributed by atoms with Crippen LogP contribution in [-0.4, -0.2) is 15.9 Å². The predicted molar refractivity (Wildman–Crippen MR) is 198 cm³/mol. The number of aromatic nitrogens is 1. The number of pyridine rings is 1. The molecule has 3 nitrogen and oxygen atoms in total. The van der Waals surface area contributed by atoms with Gasteiger partial charge in [-0.15, -0.1) is 29.1 Å². The van der Waals surface area contributed by atoms with Crippen LogP contribution in [0.4, 0.5) is 0 Å². The summed E-state index contributed by atoms with van der Waals surface area (Å²) in [5.41, 5.74) is 8.35. The first-order valence-corrected chi connectivity index (χ1v) is 17.1. The molecule has 257 valence electrons. The number of benzene rings is 3. The third kappa shape index (κ3) is 9.86. The fourth-order valence-electron chi connectivity index (χ4n) is 7.33. The molecule has 0 aliphatic heterocycles. The molecule has 47 heavy (non-hydrogen) atoms. The minimum absolute atomic E-state index is 0. The van der Waals surface area contributed by atoms with Crippen LogP contribution in [0.15, 0.2) is 60.4 Å². The number of allylic oxidation sites excluding steroid dienone is 2. The Labute approximate surface area is 299 Å². The molecule has 1 heterocycles. The monoisotopic (exact) mass is 813 g/mol. The third-order valence-electron chi connectivity index (χ3n) is 9.14. The molecule has 1 radical (unpaired) electrons. The van der Waals surface area contributed by atoms with Gasteiger partial charge in [-0.25, -0.2) is 0 Å². The van der Waals surface area contributed by atoms with Crippen LogP contribution in [0, 0.1) is 62.3 Å². The molecule has 4 aromatic rings. The Bertz CT molecular complexity index is 1690. The van der Waals surface area contributed by atoms with Crippen LogP contribution >= 0.6 is 0 Å². The summed E-state index contributed by atoms with van der Waals surface area (Å²) in [5, 5.41) is 14.0. The molecule has 3 aromatic carbocycles. The van der Waals surface area contributed by atoms with E-state index in [-0.39, 0.29) is 48.9 Å². The maximum Gasteiger partial charge on any atom is 0.162 e. The predicted octanol–water partition coefficient (Wildman–Crippen LogP) is 11.9. The van der Waals surface area contributed by atoms with Crippen LogP contribution in [0.2, 0.25) is 0 Å². The van der Waals surface area contributed by atoms with E-state index >= 15 is 0 Å². The molecule has 0 aliphatic rings. The maximum atomic E-state index is 12.3. The van der Waals surface area contributed by atoms with Crippen LogP contribution in [0.3, 0.4) is 0 Å². The van der Waals surface area contributed by atoms with Gasteiger partial charge in [-0.05, 0) is 72.6 Å². The van der Waals surface area contributed by atoms with E-state index in [1.165, 1.54) is 39.1 Å². The van der Waals surface area contributed by atoms with E-state index in [0.29, 0.717) is 23.7 Å². The van der Waals surface area contributed by atoms with E-state index in [1.54, 1.807) is 0 Å². The second-order valence-corrected chi connectivity index (χ2v) is 15.7. The topological polar surface area (TPSA) is 50.2 Å². The molecule has 0 spiro atoms. The first-order valence-electron chi connectivity index (χ1n) is 17.1. The van der Waals surface area contributed by atoms with E-state index in [1.807, 2.05) is 0 Å². The molecule has 0 bridgehead atoms. The first kappa shape index (κ1) is 40.4. The van der Waals surface area contributed by atoms with Crippen molar-refractivity contribution in [3.05, 3.63) is 88.7 Å². The minimum atomic E-state index is -0.0119. The number of carbonyl (C=O) groups is 1. The normalized spacial score (nSPS) is 12.5. The molecule has 0 saturated carbocycles. The molecule has 0 aliphatic carbocycles. The Balaban J connectivity index is 0.000000343. The van der Waals surface area contributed by atoms with Gasteiger partial charge >= 0.3 is 0 Å². The van der Waals surface area contributed by atoms with E-state index in [2.05, 4.69) is 152 Å². The van der Waals surface area contributed by atoms with Gasteiger partial charge in [0.05, 0.1) is 11.3 Å². The third-order valence-corrected chi connectivity index (χ3v) is 9.14. The Kier molecular flexibility index (Phi) is 14.2. The quantitative estimate of drug-likeness (QED) is 0.110. The summed E-state index contributed by atoms with van der Waals surface area (Å²) >= 11 is 0. The molecule has 4 heteroatoms. The van der Waals surface area contributed by atoms with Crippen molar-refractivity contribution in [2.75, 3.05) is 0 Å². The average molecular weight is 813 g/mol. The van der Waals surface area contributed by atoms with Crippen molar-refractivity contribution >= 4 is 27.5 Å². The van der Waals surface area contributed by atoms with Crippen molar-refractivity contribution in [2.45, 2.75) is 102 Å². The Morgan fingerprint density at radius 2 is 1.32 bits per heavy atom. The molecular weight excluding hydrogens is 755 g/mol. The number of rotatable bonds is 8. The number of aliphatic hydroxyl groups excluding tert-OH is 1. The second kappa shape index (κ2) is 16.5. The van der Waals surface area contributed by atoms with Gasteiger partial charge < -0.3 is 5.11 Å². The summed E-state index contributed by atoms with van der Waals surface area (Å²) in [6, 6.07) is 21.1. The molecule has 0 atom stereocenters. The largest absolute Gasteiger partial charge is 0.512 e. The summed E-state index contributed by atoms with van der Waals surface area (Å²) in [6.07, 6.45) is 1.48. The van der Waals surface area contributed by atoms with Crippen LogP contribution in [0.25, 0.3) is 32.9 Å². The summed E-state index contributed by atoms with van der Waals surface area (Å²) < 4.78 is 0. The number of aliphatic hydroxyl groups is 1. The van der Waals surface area contributed by atoms with Crippen molar-refractivity contribution in [3.8, 4) is 11.3 Å². The van der Waals surface area contributed by atoms with Gasteiger partial charge in [0, 0.05) is 49.1 Å². The first-order chi connectivity index (χ1) is 21.3. The van der Waals surface area contributed by atoms with Gasteiger partial charge in [-0.3, -0.25) is 9.78 Å². The fourth-order valence-corrected chi connectivity index (χ4v) is 7.33. The van der Waals surface area contributed by atoms with Crippen molar-refractivity contribution in [1.29, 1.82) is 0 Å². The van der Waals surface area contributed by atoms with Gasteiger partial charge in [0.2, 0.25) is 0 Å². The molecule has 1 aromatic heterocycles. The molecule has 0 saturated heterocycles. The second-order valence-electron chi connectivity index (χ2n) is 15.7. The van der Waals surface area contributed by atoms with Gasteiger partial charge in [0.25, 0.3) is 0 Å². The summed E-state index contributed by atoms with van der Waals surface area (Å²) in [5.74, 6) is 1.63. The van der Waals surface area contributed by atoms with Gasteiger partial charge in [-0.1, -0.05) is 117 Å². The molecule has 1 N–H and O–H groups in total. The van der Waals surface area contributed by atoms with Crippen molar-refractivity contribution < 1.29 is 30.0 Å². The number of ketones is 1. The minimum Gasteiger partial charge on any atom is -0.512 e. The zero-order valence-electron chi connectivity index (χ0n) is 31.3. The zero-order chi connectivity index (χ0) is 34.7. The SMILES string of the molecule is CC(C)C(C(=O)/C=C(\O)C(C(C)C)C(C)C)C(C)C.Cc1cc(C)c2c(C)cc(-c3[c-]c4ccccc4c(C(C)(C)C)c3)nc2c1.[Ir]. The maximum absolute atomic E-state index is 12.3. The van der Waals surface area contributed by atoms with E-state index in [4.69, 9.17) is 4.98 Å². The summed E-state index contributed by atoms with van der Waals surface area (Å²) in [4.78, 5) is 17.4. The van der Waals surface area contributed by atoms with Crippen molar-refractivity contribution in [3.63, 3.8) is 0 Å². The average Bonchev–Trinajstić information content (AvgIpc) is 2.90. The van der Waals surface area contributed by atoms with Crippen LogP contribution in [0.1, 0.15) is 98.4 Å². The molecule has 0 fully saturated rings. The van der Waals surface area contributed by atoms with Crippen LogP contribution < -0.4 is 0 Å². The number of hydrogen-bond acceptors (Lipinski definition) is 3. The van der Waals surface area contributed by atoms with Crippen LogP contribution in [0.5, 0.6) is 0 Å². The van der Waals surface area contributed by atoms with E-state index < -0.39 is 0 Å². The van der Waals surface area contributed by atoms with E-state index in [0.717, 1.165) is 22.2 Å². The summed E-state index contributed by atoms with van der Waals surface area (Å²) in [6.45, 7) is 29.9. The fraction of sp³-hybridized carbons (Fsp3) is 0.488. The van der Waals surface area contributed by atoms with Gasteiger partial charge in [-0.2, -0.15) is 0 Å². The zero-order valence-corrected chi connectivity index (χ0v) is 33.7. The van der Waals surface area contributed by atoms with Crippen molar-refractivity contribution in [2.24, 2.45) is 35.5 Å². The molecule has 0 amide bonds. The van der Waals surface area contributed by atoms with Gasteiger partial charge in [0.1, 0.15) is 0 Å². The Morgan fingerprint density at radius 3 is 1.85 bits per heavy atom. The standard InChI is InChI=1S/C26H26N.C17H32O2.Ir/c1-16-11-17(2)25-18(3)13-23(27-24(25)12-16)20-14-19-9-7-8-10-21(19)22(15-20)26(4,5)6;1-10(2)16(11(3)4)14(18)9-15(19)17(12(5)6)13(7)8;/h7-13,15H,1-6H3;9-13,16-18H,1-8H3;/q-1;;/b;14-9-;. The molecular formula is C43H58IrNO2-. The number of aryl methyl sites for hydroxylation is 3. The Morgan fingerprint density at radius 1 is 0.787 bits per heavy atom. The van der Waals surface area contributed by atoms with Gasteiger partial charge in [0.15, 0.2) is 5.78 Å². The number of carbonyl (C=O) groups excluding carboxylic acids is 1. The molecule has 0 unspecified atom stereocenters.